The first kappa shape index (κ1) is 36.4. The van der Waals surface area contributed by atoms with E-state index in [1.54, 1.807) is 6.92 Å². The van der Waals surface area contributed by atoms with Gasteiger partial charge in [0.15, 0.2) is 24.4 Å². The molecule has 0 radical (unpaired) electrons. The molecule has 2 heterocycles. The fourth-order valence-electron chi connectivity index (χ4n) is 5.30. The van der Waals surface area contributed by atoms with Gasteiger partial charge in [-0.3, -0.25) is 33.6 Å². The summed E-state index contributed by atoms with van der Waals surface area (Å²) in [4.78, 5) is 84.1. The molecule has 16 heteroatoms. The topological polar surface area (TPSA) is 203 Å². The quantitative estimate of drug-likeness (QED) is 0.222. The van der Waals surface area contributed by atoms with Gasteiger partial charge in [0.25, 0.3) is 0 Å². The lowest BCUT2D eigenvalue weighted by Gasteiger charge is -2.48. The third kappa shape index (κ3) is 10.7. The Bertz CT molecular complexity index is 1090. The molecule has 0 amide bonds. The molecule has 0 saturated carbocycles. The first-order valence-electron chi connectivity index (χ1n) is 13.9. The SMILES string of the molecule is CC(=O)OC[C@H]1OC(C)[C@H](OC(C)=O)[C@@H](OC(C)=O)[C@@H]1C[C@H]1O[C@H](COC(C)=O)[C@@H](OC(C)=O)[C@H](OC(C)=O)[C@H]1OC(C)=O. The minimum Gasteiger partial charge on any atom is -0.463 e. The Labute approximate surface area is 254 Å². The van der Waals surface area contributed by atoms with Crippen molar-refractivity contribution in [2.24, 2.45) is 5.92 Å². The molecular weight excluding hydrogens is 592 g/mol. The second kappa shape index (κ2) is 16.3. The molecule has 0 aliphatic carbocycles. The van der Waals surface area contributed by atoms with E-state index in [1.807, 2.05) is 0 Å². The van der Waals surface area contributed by atoms with Crippen LogP contribution in [0.4, 0.5) is 0 Å². The Morgan fingerprint density at radius 3 is 1.30 bits per heavy atom. The van der Waals surface area contributed by atoms with Crippen molar-refractivity contribution in [3.63, 3.8) is 0 Å². The Morgan fingerprint density at radius 1 is 0.455 bits per heavy atom. The largest absolute Gasteiger partial charge is 0.463 e. The molecule has 44 heavy (non-hydrogen) atoms. The summed E-state index contributed by atoms with van der Waals surface area (Å²) in [5.41, 5.74) is 0. The molecular formula is C28H40O16. The lowest BCUT2D eigenvalue weighted by Crippen LogP contribution is -2.64. The van der Waals surface area contributed by atoms with Gasteiger partial charge in [0, 0.05) is 54.4 Å². The Kier molecular flexibility index (Phi) is 13.5. The average molecular weight is 633 g/mol. The molecule has 2 aliphatic rings. The summed E-state index contributed by atoms with van der Waals surface area (Å²) in [6.45, 7) is 8.75. The van der Waals surface area contributed by atoms with E-state index < -0.39 is 109 Å². The average Bonchev–Trinajstić information content (AvgIpc) is 2.87. The zero-order valence-corrected chi connectivity index (χ0v) is 25.9. The normalized spacial score (nSPS) is 31.5. The monoisotopic (exact) mass is 632 g/mol. The molecule has 0 N–H and O–H groups in total. The summed E-state index contributed by atoms with van der Waals surface area (Å²) in [7, 11) is 0. The summed E-state index contributed by atoms with van der Waals surface area (Å²) in [5, 5.41) is 0. The summed E-state index contributed by atoms with van der Waals surface area (Å²) in [6, 6.07) is 0. The van der Waals surface area contributed by atoms with Gasteiger partial charge in [-0.15, -0.1) is 0 Å². The van der Waals surface area contributed by atoms with Crippen LogP contribution in [0, 0.1) is 5.92 Å². The van der Waals surface area contributed by atoms with Crippen LogP contribution in [0.5, 0.6) is 0 Å². The minimum absolute atomic E-state index is 0.201. The standard InChI is InChI=1S/C28H40O16/c1-12-24(39-15(4)31)25(40-16(5)32)20(22(38-12)10-36-13(2)29)9-21-26(41-17(6)33)28(43-19(8)35)27(42-18(7)34)23(44-21)11-37-14(3)30/h12,20-28H,9-11H2,1-8H3/t12?,20-,21-,22-,23-,24+,25+,26+,27-,28-/m1/s1. The number of hydrogen-bond donors (Lipinski definition) is 0. The number of ether oxygens (including phenoxy) is 9. The maximum absolute atomic E-state index is 12.3. The highest BCUT2D eigenvalue weighted by molar-refractivity contribution is 5.69. The summed E-state index contributed by atoms with van der Waals surface area (Å²) < 4.78 is 50.2. The van der Waals surface area contributed by atoms with Crippen LogP contribution in [0.15, 0.2) is 0 Å². The van der Waals surface area contributed by atoms with E-state index in [2.05, 4.69) is 0 Å². The Balaban J connectivity index is 2.66. The zero-order valence-electron chi connectivity index (χ0n) is 25.9. The van der Waals surface area contributed by atoms with Gasteiger partial charge in [-0.25, -0.2) is 0 Å². The van der Waals surface area contributed by atoms with E-state index in [-0.39, 0.29) is 13.0 Å². The highest BCUT2D eigenvalue weighted by Gasteiger charge is 2.56. The molecule has 2 rings (SSSR count). The highest BCUT2D eigenvalue weighted by Crippen LogP contribution is 2.39. The molecule has 2 saturated heterocycles. The molecule has 0 aromatic rings. The van der Waals surface area contributed by atoms with Gasteiger partial charge in [-0.2, -0.15) is 0 Å². The van der Waals surface area contributed by atoms with Gasteiger partial charge in [-0.1, -0.05) is 0 Å². The van der Waals surface area contributed by atoms with Gasteiger partial charge in [-0.05, 0) is 13.3 Å². The van der Waals surface area contributed by atoms with Crippen molar-refractivity contribution < 1.29 is 76.2 Å². The van der Waals surface area contributed by atoms with Crippen molar-refractivity contribution in [1.29, 1.82) is 0 Å². The van der Waals surface area contributed by atoms with Crippen LogP contribution < -0.4 is 0 Å². The molecule has 0 spiro atoms. The molecule has 10 atom stereocenters. The Hall–Kier alpha value is -3.79. The lowest BCUT2D eigenvalue weighted by atomic mass is 9.80. The van der Waals surface area contributed by atoms with E-state index >= 15 is 0 Å². The van der Waals surface area contributed by atoms with Crippen molar-refractivity contribution in [2.45, 2.75) is 117 Å². The van der Waals surface area contributed by atoms with Crippen molar-refractivity contribution in [1.82, 2.24) is 0 Å². The molecule has 1 unspecified atom stereocenters. The molecule has 0 aromatic heterocycles. The fraction of sp³-hybridized carbons (Fsp3) is 0.750. The van der Waals surface area contributed by atoms with Crippen LogP contribution in [0.1, 0.15) is 61.8 Å². The smallest absolute Gasteiger partial charge is 0.303 e. The van der Waals surface area contributed by atoms with Crippen LogP contribution in [-0.4, -0.2) is 110 Å². The van der Waals surface area contributed by atoms with Crippen molar-refractivity contribution in [3.8, 4) is 0 Å². The number of hydrogen-bond acceptors (Lipinski definition) is 16. The predicted octanol–water partition coefficient (Wildman–Crippen LogP) is 0.332. The molecule has 248 valence electrons. The predicted molar refractivity (Wildman–Crippen MR) is 142 cm³/mol. The van der Waals surface area contributed by atoms with E-state index in [9.17, 15) is 33.6 Å². The molecule has 2 aliphatic heterocycles. The van der Waals surface area contributed by atoms with E-state index in [4.69, 9.17) is 42.6 Å². The van der Waals surface area contributed by atoms with E-state index in [0.29, 0.717) is 0 Å². The highest BCUT2D eigenvalue weighted by atomic mass is 16.7. The van der Waals surface area contributed by atoms with Gasteiger partial charge in [0.1, 0.15) is 25.4 Å². The zero-order chi connectivity index (χ0) is 33.3. The second-order valence-corrected chi connectivity index (χ2v) is 10.5. The summed E-state index contributed by atoms with van der Waals surface area (Å²) >= 11 is 0. The molecule has 0 bridgehead atoms. The fourth-order valence-corrected chi connectivity index (χ4v) is 5.30. The van der Waals surface area contributed by atoms with Crippen LogP contribution in [0.2, 0.25) is 0 Å². The van der Waals surface area contributed by atoms with Gasteiger partial charge in [0.2, 0.25) is 0 Å². The first-order chi connectivity index (χ1) is 20.5. The minimum atomic E-state index is -1.44. The van der Waals surface area contributed by atoms with Crippen LogP contribution >= 0.6 is 0 Å². The molecule has 16 nitrogen and oxygen atoms in total. The maximum atomic E-state index is 12.3. The number of carbonyl (C=O) groups is 7. The lowest BCUT2D eigenvalue weighted by molar-refractivity contribution is -0.266. The van der Waals surface area contributed by atoms with Crippen molar-refractivity contribution in [3.05, 3.63) is 0 Å². The first-order valence-corrected chi connectivity index (χ1v) is 13.9. The maximum Gasteiger partial charge on any atom is 0.303 e. The molecule has 0 aromatic carbocycles. The van der Waals surface area contributed by atoms with Crippen molar-refractivity contribution >= 4 is 41.8 Å². The number of esters is 7. The summed E-state index contributed by atoms with van der Waals surface area (Å²) in [6.07, 6.45) is -10.9. The second-order valence-electron chi connectivity index (χ2n) is 10.5. The third-order valence-corrected chi connectivity index (χ3v) is 6.72. The Morgan fingerprint density at radius 2 is 0.841 bits per heavy atom. The van der Waals surface area contributed by atoms with Gasteiger partial charge >= 0.3 is 41.8 Å². The van der Waals surface area contributed by atoms with Crippen LogP contribution in [-0.2, 0) is 76.2 Å². The number of carbonyl (C=O) groups excluding carboxylic acids is 7. The van der Waals surface area contributed by atoms with Gasteiger partial charge in [0.05, 0.1) is 18.3 Å². The molecule has 2 fully saturated rings. The van der Waals surface area contributed by atoms with Gasteiger partial charge < -0.3 is 42.6 Å². The van der Waals surface area contributed by atoms with E-state index in [0.717, 1.165) is 41.5 Å². The van der Waals surface area contributed by atoms with Crippen LogP contribution in [0.3, 0.4) is 0 Å². The third-order valence-electron chi connectivity index (χ3n) is 6.72. The van der Waals surface area contributed by atoms with Crippen molar-refractivity contribution in [2.75, 3.05) is 13.2 Å². The van der Waals surface area contributed by atoms with Crippen LogP contribution in [0.25, 0.3) is 0 Å². The summed E-state index contributed by atoms with van der Waals surface area (Å²) in [5.74, 6) is -6.08. The number of rotatable bonds is 11. The van der Waals surface area contributed by atoms with E-state index in [1.165, 1.54) is 6.92 Å².